The summed E-state index contributed by atoms with van der Waals surface area (Å²) < 4.78 is 27.7. The quantitative estimate of drug-likeness (QED) is 0.189. The van der Waals surface area contributed by atoms with Crippen LogP contribution in [0.1, 0.15) is 15.9 Å². The third-order valence-electron chi connectivity index (χ3n) is 5.56. The maximum Gasteiger partial charge on any atom is 0.343 e. The van der Waals surface area contributed by atoms with E-state index in [9.17, 15) is 9.59 Å². The van der Waals surface area contributed by atoms with Crippen molar-refractivity contribution in [3.8, 4) is 28.6 Å². The van der Waals surface area contributed by atoms with Crippen LogP contribution in [0.15, 0.2) is 80.4 Å². The molecule has 0 amide bonds. The molecule has 5 aromatic rings. The highest BCUT2D eigenvalue weighted by Crippen LogP contribution is 2.37. The average molecular weight is 456 g/mol. The minimum atomic E-state index is -0.516. The second-order valence-corrected chi connectivity index (χ2v) is 7.70. The molecule has 34 heavy (non-hydrogen) atoms. The number of benzene rings is 3. The lowest BCUT2D eigenvalue weighted by molar-refractivity contribution is 0.0733. The Balaban J connectivity index is 1.60. The molecule has 0 aliphatic carbocycles. The van der Waals surface area contributed by atoms with Crippen LogP contribution in [0.2, 0.25) is 0 Å². The maximum atomic E-state index is 12.7. The van der Waals surface area contributed by atoms with Gasteiger partial charge in [-0.1, -0.05) is 12.1 Å². The number of methoxy groups -OCH3 is 2. The standard InChI is InChI=1S/C27H20O7/c1-15-11-23-19(13-22(15)34-27(29)16-7-9-18(30-2)10-8-16)20(14-25(28)32-23)24-12-17-5-4-6-21(31-3)26(17)33-24/h4-14H,1-3H3. The Kier molecular flexibility index (Phi) is 5.30. The maximum absolute atomic E-state index is 12.7. The Morgan fingerprint density at radius 1 is 0.853 bits per heavy atom. The molecule has 7 heteroatoms. The first-order valence-electron chi connectivity index (χ1n) is 10.5. The molecule has 0 bridgehead atoms. The number of aryl methyl sites for hydroxylation is 1. The summed E-state index contributed by atoms with van der Waals surface area (Å²) in [5.74, 6) is 1.52. The molecule has 0 saturated carbocycles. The normalized spacial score (nSPS) is 11.0. The second kappa shape index (κ2) is 8.44. The summed E-state index contributed by atoms with van der Waals surface area (Å²) in [5.41, 5.74) is 1.95. The van der Waals surface area contributed by atoms with Gasteiger partial charge in [-0.3, -0.25) is 0 Å². The molecule has 7 nitrogen and oxygen atoms in total. The van der Waals surface area contributed by atoms with Gasteiger partial charge in [0.1, 0.15) is 22.8 Å². The summed E-state index contributed by atoms with van der Waals surface area (Å²) in [6, 6.07) is 18.7. The summed E-state index contributed by atoms with van der Waals surface area (Å²) in [6.45, 7) is 1.77. The zero-order valence-electron chi connectivity index (χ0n) is 18.7. The predicted octanol–water partition coefficient (Wildman–Crippen LogP) is 5.75. The number of fused-ring (bicyclic) bond motifs is 2. The van der Waals surface area contributed by atoms with Gasteiger partial charge >= 0.3 is 11.6 Å². The van der Waals surface area contributed by atoms with Crippen molar-refractivity contribution >= 4 is 27.9 Å². The van der Waals surface area contributed by atoms with E-state index >= 15 is 0 Å². The molecule has 0 unspecified atom stereocenters. The lowest BCUT2D eigenvalue weighted by Gasteiger charge is -2.10. The van der Waals surface area contributed by atoms with Crippen molar-refractivity contribution in [1.82, 2.24) is 0 Å². The zero-order valence-corrected chi connectivity index (χ0v) is 18.7. The van der Waals surface area contributed by atoms with Gasteiger partial charge in [0.25, 0.3) is 0 Å². The van der Waals surface area contributed by atoms with Gasteiger partial charge in [0, 0.05) is 22.4 Å². The number of esters is 1. The molecule has 0 aliphatic heterocycles. The van der Waals surface area contributed by atoms with E-state index in [1.807, 2.05) is 18.2 Å². The highest BCUT2D eigenvalue weighted by atomic mass is 16.5. The number of carbonyl (C=O) groups is 1. The number of hydrogen-bond donors (Lipinski definition) is 0. The van der Waals surface area contributed by atoms with E-state index in [4.69, 9.17) is 23.0 Å². The van der Waals surface area contributed by atoms with Crippen LogP contribution in [0.25, 0.3) is 33.3 Å². The van der Waals surface area contributed by atoms with Crippen LogP contribution in [0, 0.1) is 6.92 Å². The number of carbonyl (C=O) groups excluding carboxylic acids is 1. The molecule has 5 rings (SSSR count). The molecule has 0 aliphatic rings. The molecule has 2 aromatic heterocycles. The molecular formula is C27H20O7. The summed E-state index contributed by atoms with van der Waals surface area (Å²) in [5, 5.41) is 1.40. The fourth-order valence-electron chi connectivity index (χ4n) is 3.82. The summed E-state index contributed by atoms with van der Waals surface area (Å²) in [6.07, 6.45) is 0. The zero-order chi connectivity index (χ0) is 23.8. The topological polar surface area (TPSA) is 88.1 Å². The van der Waals surface area contributed by atoms with Gasteiger partial charge in [-0.25, -0.2) is 9.59 Å². The van der Waals surface area contributed by atoms with Gasteiger partial charge in [-0.05, 0) is 61.0 Å². The monoisotopic (exact) mass is 456 g/mol. The lowest BCUT2D eigenvalue weighted by atomic mass is 10.0. The van der Waals surface area contributed by atoms with Crippen molar-refractivity contribution in [1.29, 1.82) is 0 Å². The molecule has 0 atom stereocenters. The van der Waals surface area contributed by atoms with Crippen LogP contribution in [0.4, 0.5) is 0 Å². The minimum absolute atomic E-state index is 0.345. The van der Waals surface area contributed by atoms with Gasteiger partial charge in [-0.15, -0.1) is 0 Å². The van der Waals surface area contributed by atoms with Crippen molar-refractivity contribution in [2.75, 3.05) is 14.2 Å². The smallest absolute Gasteiger partial charge is 0.343 e. The number of hydrogen-bond acceptors (Lipinski definition) is 7. The fourth-order valence-corrected chi connectivity index (χ4v) is 3.82. The molecule has 0 spiro atoms. The van der Waals surface area contributed by atoms with E-state index in [1.165, 1.54) is 6.07 Å². The largest absolute Gasteiger partial charge is 0.497 e. The summed E-state index contributed by atoms with van der Waals surface area (Å²) >= 11 is 0. The Morgan fingerprint density at radius 3 is 2.38 bits per heavy atom. The van der Waals surface area contributed by atoms with Gasteiger partial charge < -0.3 is 23.0 Å². The van der Waals surface area contributed by atoms with Crippen LogP contribution in [-0.2, 0) is 0 Å². The first kappa shape index (κ1) is 21.3. The van der Waals surface area contributed by atoms with E-state index in [1.54, 1.807) is 63.6 Å². The van der Waals surface area contributed by atoms with Gasteiger partial charge in [0.05, 0.1) is 19.8 Å². The number of ether oxygens (including phenoxy) is 3. The van der Waals surface area contributed by atoms with Crippen LogP contribution in [-0.4, -0.2) is 20.2 Å². The Labute approximate surface area is 194 Å². The Morgan fingerprint density at radius 2 is 1.65 bits per heavy atom. The van der Waals surface area contributed by atoms with E-state index in [2.05, 4.69) is 0 Å². The molecule has 0 saturated heterocycles. The van der Waals surface area contributed by atoms with E-state index in [-0.39, 0.29) is 0 Å². The first-order chi connectivity index (χ1) is 16.5. The Bertz CT molecular complexity index is 1590. The van der Waals surface area contributed by atoms with E-state index < -0.39 is 11.6 Å². The van der Waals surface area contributed by atoms with Crippen LogP contribution >= 0.6 is 0 Å². The Hall–Kier alpha value is -4.52. The molecule has 0 fully saturated rings. The second-order valence-electron chi connectivity index (χ2n) is 7.70. The predicted molar refractivity (Wildman–Crippen MR) is 127 cm³/mol. The highest BCUT2D eigenvalue weighted by molar-refractivity contribution is 5.97. The van der Waals surface area contributed by atoms with E-state index in [0.29, 0.717) is 56.3 Å². The summed E-state index contributed by atoms with van der Waals surface area (Å²) in [7, 11) is 3.12. The third kappa shape index (κ3) is 3.77. The molecule has 0 radical (unpaired) electrons. The fraction of sp³-hybridized carbons (Fsp3) is 0.111. The van der Waals surface area contributed by atoms with Crippen molar-refractivity contribution in [2.45, 2.75) is 6.92 Å². The van der Waals surface area contributed by atoms with Crippen molar-refractivity contribution < 1.29 is 27.8 Å². The van der Waals surface area contributed by atoms with Crippen LogP contribution in [0.3, 0.4) is 0 Å². The number of para-hydroxylation sites is 1. The molecule has 3 aromatic carbocycles. The minimum Gasteiger partial charge on any atom is -0.497 e. The number of rotatable bonds is 5. The molecular weight excluding hydrogens is 436 g/mol. The van der Waals surface area contributed by atoms with Crippen LogP contribution in [0.5, 0.6) is 17.2 Å². The molecule has 2 heterocycles. The average Bonchev–Trinajstić information content (AvgIpc) is 3.28. The van der Waals surface area contributed by atoms with Gasteiger partial charge in [0.2, 0.25) is 0 Å². The van der Waals surface area contributed by atoms with Crippen molar-refractivity contribution in [2.24, 2.45) is 0 Å². The van der Waals surface area contributed by atoms with Gasteiger partial charge in [0.15, 0.2) is 11.3 Å². The third-order valence-corrected chi connectivity index (χ3v) is 5.56. The van der Waals surface area contributed by atoms with Crippen molar-refractivity contribution in [3.63, 3.8) is 0 Å². The lowest BCUT2D eigenvalue weighted by Crippen LogP contribution is -2.09. The van der Waals surface area contributed by atoms with Crippen molar-refractivity contribution in [3.05, 3.63) is 88.3 Å². The van der Waals surface area contributed by atoms with Crippen LogP contribution < -0.4 is 19.8 Å². The summed E-state index contributed by atoms with van der Waals surface area (Å²) in [4.78, 5) is 25.0. The highest BCUT2D eigenvalue weighted by Gasteiger charge is 2.18. The molecule has 0 N–H and O–H groups in total. The SMILES string of the molecule is COc1ccc(C(=O)Oc2cc3c(-c4cc5cccc(OC)c5o4)cc(=O)oc3cc2C)cc1. The van der Waals surface area contributed by atoms with Gasteiger partial charge in [-0.2, -0.15) is 0 Å². The van der Waals surface area contributed by atoms with E-state index in [0.717, 1.165) is 5.39 Å². The number of furan rings is 1. The first-order valence-corrected chi connectivity index (χ1v) is 10.5. The molecule has 170 valence electrons.